The molecule has 1 fully saturated rings. The van der Waals surface area contributed by atoms with Crippen LogP contribution in [0.1, 0.15) is 5.56 Å². The Hall–Kier alpha value is -1.17. The molecule has 1 heterocycles. The van der Waals surface area contributed by atoms with Crippen LogP contribution in [0.25, 0.3) is 0 Å². The number of esters is 1. The van der Waals surface area contributed by atoms with Crippen molar-refractivity contribution in [1.82, 2.24) is 4.90 Å². The van der Waals surface area contributed by atoms with Crippen LogP contribution in [0.4, 0.5) is 4.39 Å². The van der Waals surface area contributed by atoms with Crippen molar-refractivity contribution < 1.29 is 18.7 Å². The predicted molar refractivity (Wildman–Crippen MR) is 68.4 cm³/mol. The summed E-state index contributed by atoms with van der Waals surface area (Å²) >= 11 is 6.00. The molecule has 2 rings (SSSR count). The number of ether oxygens (including phenoxy) is 2. The maximum atomic E-state index is 13.0. The van der Waals surface area contributed by atoms with Crippen LogP contribution in [0.2, 0.25) is 5.02 Å². The molecule has 0 amide bonds. The molecule has 1 aliphatic rings. The Morgan fingerprint density at radius 1 is 1.63 bits per heavy atom. The number of hydrogen-bond acceptors (Lipinski definition) is 4. The van der Waals surface area contributed by atoms with Gasteiger partial charge in [-0.05, 0) is 17.7 Å². The van der Waals surface area contributed by atoms with Gasteiger partial charge in [0.25, 0.3) is 0 Å². The summed E-state index contributed by atoms with van der Waals surface area (Å²) in [6.45, 7) is 1.91. The van der Waals surface area contributed by atoms with Gasteiger partial charge in [-0.3, -0.25) is 9.69 Å². The van der Waals surface area contributed by atoms with Gasteiger partial charge in [-0.15, -0.1) is 0 Å². The number of methoxy groups -OCH3 is 1. The van der Waals surface area contributed by atoms with Crippen molar-refractivity contribution in [1.29, 1.82) is 0 Å². The average molecular weight is 288 g/mol. The molecule has 6 heteroatoms. The molecule has 0 radical (unpaired) electrons. The van der Waals surface area contributed by atoms with Gasteiger partial charge in [-0.1, -0.05) is 17.7 Å². The number of rotatable bonds is 3. The first kappa shape index (κ1) is 14.2. The molecule has 104 valence electrons. The van der Waals surface area contributed by atoms with E-state index in [0.717, 1.165) is 5.56 Å². The average Bonchev–Trinajstić information content (AvgIpc) is 2.41. The van der Waals surface area contributed by atoms with Crippen LogP contribution >= 0.6 is 11.6 Å². The molecule has 0 spiro atoms. The molecule has 0 saturated carbocycles. The minimum Gasteiger partial charge on any atom is -0.468 e. The van der Waals surface area contributed by atoms with Crippen LogP contribution in [0.3, 0.4) is 0 Å². The van der Waals surface area contributed by atoms with E-state index < -0.39 is 6.04 Å². The minimum absolute atomic E-state index is 0.297. The second-order valence-electron chi connectivity index (χ2n) is 4.32. The highest BCUT2D eigenvalue weighted by Gasteiger charge is 2.30. The fourth-order valence-electron chi connectivity index (χ4n) is 2.05. The summed E-state index contributed by atoms with van der Waals surface area (Å²) in [6.07, 6.45) is 0. The molecule has 1 saturated heterocycles. The van der Waals surface area contributed by atoms with Crippen molar-refractivity contribution in [3.05, 3.63) is 34.6 Å². The molecule has 1 atom stereocenters. The second kappa shape index (κ2) is 6.32. The molecule has 1 unspecified atom stereocenters. The van der Waals surface area contributed by atoms with E-state index in [0.29, 0.717) is 31.3 Å². The Bertz CT molecular complexity index is 469. The summed E-state index contributed by atoms with van der Waals surface area (Å²) in [7, 11) is 1.35. The van der Waals surface area contributed by atoms with Crippen LogP contribution in [0.5, 0.6) is 0 Å². The zero-order valence-electron chi connectivity index (χ0n) is 10.6. The van der Waals surface area contributed by atoms with Gasteiger partial charge in [-0.25, -0.2) is 4.39 Å². The molecule has 0 aromatic heterocycles. The monoisotopic (exact) mass is 287 g/mol. The number of carbonyl (C=O) groups is 1. The number of hydrogen-bond donors (Lipinski definition) is 0. The minimum atomic E-state index is -0.445. The highest BCUT2D eigenvalue weighted by Crippen LogP contribution is 2.21. The van der Waals surface area contributed by atoms with E-state index in [4.69, 9.17) is 21.1 Å². The van der Waals surface area contributed by atoms with E-state index in [2.05, 4.69) is 0 Å². The summed E-state index contributed by atoms with van der Waals surface area (Å²) in [4.78, 5) is 13.6. The first-order valence-corrected chi connectivity index (χ1v) is 6.33. The number of carbonyl (C=O) groups excluding carboxylic acids is 1. The fourth-order valence-corrected chi connectivity index (χ4v) is 2.28. The van der Waals surface area contributed by atoms with Crippen molar-refractivity contribution >= 4 is 17.6 Å². The Balaban J connectivity index is 2.13. The van der Waals surface area contributed by atoms with E-state index in [1.807, 2.05) is 4.90 Å². The first-order valence-electron chi connectivity index (χ1n) is 5.95. The molecule has 4 nitrogen and oxygen atoms in total. The van der Waals surface area contributed by atoms with Gasteiger partial charge in [0.2, 0.25) is 0 Å². The lowest BCUT2D eigenvalue weighted by Gasteiger charge is -2.33. The topological polar surface area (TPSA) is 38.8 Å². The SMILES string of the molecule is COC(=O)C1COCCN1Cc1ccc(F)cc1Cl. The third-order valence-corrected chi connectivity index (χ3v) is 3.45. The molecule has 0 N–H and O–H groups in total. The zero-order chi connectivity index (χ0) is 13.8. The lowest BCUT2D eigenvalue weighted by atomic mass is 10.1. The van der Waals surface area contributed by atoms with E-state index in [9.17, 15) is 9.18 Å². The van der Waals surface area contributed by atoms with Gasteiger partial charge >= 0.3 is 5.97 Å². The number of morpholine rings is 1. The van der Waals surface area contributed by atoms with E-state index in [-0.39, 0.29) is 11.8 Å². The summed E-state index contributed by atoms with van der Waals surface area (Å²) in [5, 5.41) is 0.357. The third-order valence-electron chi connectivity index (χ3n) is 3.10. The summed E-state index contributed by atoms with van der Waals surface area (Å²) in [6, 6.07) is 3.81. The Morgan fingerprint density at radius 3 is 3.11 bits per heavy atom. The second-order valence-corrected chi connectivity index (χ2v) is 4.73. The van der Waals surface area contributed by atoms with Crippen LogP contribution in [0, 0.1) is 5.82 Å². The summed E-state index contributed by atoms with van der Waals surface area (Å²) in [5.41, 5.74) is 0.777. The maximum Gasteiger partial charge on any atom is 0.325 e. The van der Waals surface area contributed by atoms with Crippen molar-refractivity contribution in [2.45, 2.75) is 12.6 Å². The van der Waals surface area contributed by atoms with Gasteiger partial charge in [0.1, 0.15) is 11.9 Å². The number of halogens is 2. The van der Waals surface area contributed by atoms with Crippen molar-refractivity contribution in [2.75, 3.05) is 26.9 Å². The molecule has 19 heavy (non-hydrogen) atoms. The highest BCUT2D eigenvalue weighted by atomic mass is 35.5. The van der Waals surface area contributed by atoms with Crippen LogP contribution in [0.15, 0.2) is 18.2 Å². The molecular formula is C13H15ClFNO3. The standard InChI is InChI=1S/C13H15ClFNO3/c1-18-13(17)12-8-19-5-4-16(12)7-9-2-3-10(15)6-11(9)14/h2-3,6,12H,4-5,7-8H2,1H3. The molecule has 0 aliphatic carbocycles. The molecule has 1 aliphatic heterocycles. The summed E-state index contributed by atoms with van der Waals surface area (Å²) < 4.78 is 23.0. The van der Waals surface area contributed by atoms with Crippen LogP contribution in [-0.2, 0) is 20.8 Å². The lowest BCUT2D eigenvalue weighted by Crippen LogP contribution is -2.49. The Morgan fingerprint density at radius 2 is 2.42 bits per heavy atom. The van der Waals surface area contributed by atoms with E-state index in [1.54, 1.807) is 6.07 Å². The quantitative estimate of drug-likeness (QED) is 0.796. The summed E-state index contributed by atoms with van der Waals surface area (Å²) in [5.74, 6) is -0.710. The van der Waals surface area contributed by atoms with Crippen molar-refractivity contribution in [2.24, 2.45) is 0 Å². The predicted octanol–water partition coefficient (Wildman–Crippen LogP) is 1.85. The fraction of sp³-hybridized carbons (Fsp3) is 0.462. The van der Waals surface area contributed by atoms with Crippen molar-refractivity contribution in [3.8, 4) is 0 Å². The maximum absolute atomic E-state index is 13.0. The normalized spacial score (nSPS) is 20.3. The Kier molecular flexibility index (Phi) is 4.74. The Labute approximate surface area is 116 Å². The number of nitrogens with zero attached hydrogens (tertiary/aromatic N) is 1. The first-order chi connectivity index (χ1) is 9.11. The third kappa shape index (κ3) is 3.43. The number of benzene rings is 1. The molecule has 1 aromatic carbocycles. The lowest BCUT2D eigenvalue weighted by molar-refractivity contribution is -0.153. The van der Waals surface area contributed by atoms with E-state index >= 15 is 0 Å². The largest absolute Gasteiger partial charge is 0.468 e. The zero-order valence-corrected chi connectivity index (χ0v) is 11.3. The molecular weight excluding hydrogens is 273 g/mol. The smallest absolute Gasteiger partial charge is 0.325 e. The highest BCUT2D eigenvalue weighted by molar-refractivity contribution is 6.31. The van der Waals surface area contributed by atoms with Gasteiger partial charge < -0.3 is 9.47 Å². The van der Waals surface area contributed by atoms with Crippen LogP contribution < -0.4 is 0 Å². The van der Waals surface area contributed by atoms with Crippen LogP contribution in [-0.4, -0.2) is 43.8 Å². The van der Waals surface area contributed by atoms with E-state index in [1.165, 1.54) is 19.2 Å². The molecule has 1 aromatic rings. The van der Waals surface area contributed by atoms with Gasteiger partial charge in [0.15, 0.2) is 0 Å². The van der Waals surface area contributed by atoms with Gasteiger partial charge in [0, 0.05) is 18.1 Å². The van der Waals surface area contributed by atoms with Crippen molar-refractivity contribution in [3.63, 3.8) is 0 Å². The molecule has 0 bridgehead atoms. The van der Waals surface area contributed by atoms with Gasteiger partial charge in [-0.2, -0.15) is 0 Å². The van der Waals surface area contributed by atoms with Gasteiger partial charge in [0.05, 0.1) is 20.3 Å².